The van der Waals surface area contributed by atoms with E-state index in [1.807, 2.05) is 12.1 Å². The highest BCUT2D eigenvalue weighted by atomic mass is 32.1. The van der Waals surface area contributed by atoms with Crippen LogP contribution in [0.15, 0.2) is 22.8 Å². The molecule has 2 aromatic rings. The molecular weight excluding hydrogens is 200 g/mol. The van der Waals surface area contributed by atoms with Crippen molar-refractivity contribution in [2.24, 2.45) is 5.73 Å². The van der Waals surface area contributed by atoms with Crippen LogP contribution in [0.25, 0.3) is 10.4 Å². The Bertz CT molecular complexity index is 422. The highest BCUT2D eigenvalue weighted by Gasteiger charge is 2.10. The molecule has 0 radical (unpaired) electrons. The largest absolute Gasteiger partial charge is 0.480 e. The van der Waals surface area contributed by atoms with E-state index in [0.717, 1.165) is 16.2 Å². The molecule has 0 aromatic carbocycles. The fourth-order valence-corrected chi connectivity index (χ4v) is 1.95. The molecule has 0 aliphatic heterocycles. The molecule has 2 N–H and O–H groups in total. The second-order valence-corrected chi connectivity index (χ2v) is 3.50. The zero-order chi connectivity index (χ0) is 9.97. The van der Waals surface area contributed by atoms with Crippen LogP contribution in [0.5, 0.6) is 5.88 Å². The molecular formula is C9H10N2O2S. The van der Waals surface area contributed by atoms with Crippen LogP contribution in [0.2, 0.25) is 0 Å². The van der Waals surface area contributed by atoms with Gasteiger partial charge >= 0.3 is 0 Å². The summed E-state index contributed by atoms with van der Waals surface area (Å²) in [6, 6.07) is 3.75. The number of furan rings is 1. The molecule has 74 valence electrons. The molecule has 0 fully saturated rings. The predicted octanol–water partition coefficient (Wildman–Crippen LogP) is 1.87. The third kappa shape index (κ3) is 1.51. The molecule has 0 atom stereocenters. The van der Waals surface area contributed by atoms with Gasteiger partial charge in [-0.3, -0.25) is 0 Å². The van der Waals surface area contributed by atoms with Crippen molar-refractivity contribution in [3.63, 3.8) is 0 Å². The number of nitrogens with two attached hydrogens (primary N) is 1. The Morgan fingerprint density at radius 1 is 1.64 bits per heavy atom. The van der Waals surface area contributed by atoms with E-state index in [0.29, 0.717) is 12.4 Å². The number of nitrogens with zero attached hydrogens (tertiary/aromatic N) is 1. The van der Waals surface area contributed by atoms with Crippen molar-refractivity contribution >= 4 is 11.5 Å². The summed E-state index contributed by atoms with van der Waals surface area (Å²) in [5, 5.41) is 0. The van der Waals surface area contributed by atoms with Gasteiger partial charge in [0.25, 0.3) is 0 Å². The van der Waals surface area contributed by atoms with Crippen LogP contribution in [-0.4, -0.2) is 11.5 Å². The number of ether oxygens (including phenoxy) is 1. The van der Waals surface area contributed by atoms with Crippen molar-refractivity contribution in [1.29, 1.82) is 0 Å². The van der Waals surface area contributed by atoms with Crippen LogP contribution in [0.4, 0.5) is 0 Å². The quantitative estimate of drug-likeness (QED) is 0.840. The lowest BCUT2D eigenvalue weighted by atomic mass is 10.2. The van der Waals surface area contributed by atoms with Crippen molar-refractivity contribution < 1.29 is 9.15 Å². The Morgan fingerprint density at radius 3 is 3.14 bits per heavy atom. The molecule has 0 saturated heterocycles. The van der Waals surface area contributed by atoms with Crippen LogP contribution >= 0.6 is 11.5 Å². The van der Waals surface area contributed by atoms with E-state index in [-0.39, 0.29) is 0 Å². The van der Waals surface area contributed by atoms with Crippen molar-refractivity contribution in [3.05, 3.63) is 24.2 Å². The van der Waals surface area contributed by atoms with Crippen LogP contribution in [-0.2, 0) is 6.54 Å². The minimum atomic E-state index is 0.391. The van der Waals surface area contributed by atoms with E-state index < -0.39 is 0 Å². The van der Waals surface area contributed by atoms with Crippen LogP contribution < -0.4 is 10.5 Å². The highest BCUT2D eigenvalue weighted by molar-refractivity contribution is 7.09. The van der Waals surface area contributed by atoms with Crippen molar-refractivity contribution in [2.75, 3.05) is 7.11 Å². The Labute approximate surface area is 85.5 Å². The molecule has 0 aliphatic rings. The lowest BCUT2D eigenvalue weighted by Crippen LogP contribution is -1.95. The van der Waals surface area contributed by atoms with Gasteiger partial charge in [0.15, 0.2) is 0 Å². The number of methoxy groups -OCH3 is 1. The second kappa shape index (κ2) is 3.81. The van der Waals surface area contributed by atoms with Gasteiger partial charge in [0.1, 0.15) is 5.76 Å². The van der Waals surface area contributed by atoms with Gasteiger partial charge < -0.3 is 14.9 Å². The van der Waals surface area contributed by atoms with Crippen molar-refractivity contribution in [2.45, 2.75) is 6.54 Å². The molecule has 2 rings (SSSR count). The molecule has 0 amide bonds. The first-order chi connectivity index (χ1) is 6.85. The first kappa shape index (κ1) is 9.23. The van der Waals surface area contributed by atoms with Gasteiger partial charge in [-0.25, -0.2) is 0 Å². The summed E-state index contributed by atoms with van der Waals surface area (Å²) in [5.74, 6) is 1.39. The smallest absolute Gasteiger partial charge is 0.225 e. The first-order valence-corrected chi connectivity index (χ1v) is 4.90. The van der Waals surface area contributed by atoms with Gasteiger partial charge in [0.2, 0.25) is 5.88 Å². The minimum absolute atomic E-state index is 0.391. The van der Waals surface area contributed by atoms with E-state index in [2.05, 4.69) is 4.37 Å². The van der Waals surface area contributed by atoms with Crippen LogP contribution in [0.3, 0.4) is 0 Å². The molecule has 0 unspecified atom stereocenters. The van der Waals surface area contributed by atoms with Gasteiger partial charge in [0, 0.05) is 11.6 Å². The molecule has 2 aromatic heterocycles. The number of hydrogen-bond acceptors (Lipinski definition) is 5. The summed E-state index contributed by atoms with van der Waals surface area (Å²) >= 11 is 1.37. The van der Waals surface area contributed by atoms with E-state index in [1.54, 1.807) is 13.4 Å². The Balaban J connectivity index is 2.38. The summed E-state index contributed by atoms with van der Waals surface area (Å²) in [5.41, 5.74) is 6.52. The lowest BCUT2D eigenvalue weighted by Gasteiger charge is -1.94. The maximum Gasteiger partial charge on any atom is 0.225 e. The maximum atomic E-state index is 5.53. The van der Waals surface area contributed by atoms with E-state index in [9.17, 15) is 0 Å². The van der Waals surface area contributed by atoms with Crippen LogP contribution in [0.1, 0.15) is 5.76 Å². The van der Waals surface area contributed by atoms with Crippen molar-refractivity contribution in [3.8, 4) is 16.3 Å². The fourth-order valence-electron chi connectivity index (χ4n) is 1.20. The molecule has 4 nitrogen and oxygen atoms in total. The average Bonchev–Trinajstić information content (AvgIpc) is 2.85. The normalized spacial score (nSPS) is 10.4. The van der Waals surface area contributed by atoms with Gasteiger partial charge in [-0.05, 0) is 17.6 Å². The van der Waals surface area contributed by atoms with E-state index in [4.69, 9.17) is 14.9 Å². The second-order valence-electron chi connectivity index (χ2n) is 2.70. The van der Waals surface area contributed by atoms with E-state index in [1.165, 1.54) is 11.5 Å². The van der Waals surface area contributed by atoms with Crippen LogP contribution in [0, 0.1) is 0 Å². The Morgan fingerprint density at radius 2 is 2.50 bits per heavy atom. The van der Waals surface area contributed by atoms with Gasteiger partial charge in [-0.2, -0.15) is 4.37 Å². The summed E-state index contributed by atoms with van der Waals surface area (Å²) in [6.07, 6.45) is 1.63. The zero-order valence-corrected chi connectivity index (χ0v) is 8.50. The third-order valence-electron chi connectivity index (χ3n) is 1.89. The predicted molar refractivity (Wildman–Crippen MR) is 54.3 cm³/mol. The molecule has 2 heterocycles. The lowest BCUT2D eigenvalue weighted by molar-refractivity contribution is 0.403. The topological polar surface area (TPSA) is 61.3 Å². The first-order valence-electron chi connectivity index (χ1n) is 4.12. The fraction of sp³-hybridized carbons (Fsp3) is 0.222. The third-order valence-corrected chi connectivity index (χ3v) is 2.70. The van der Waals surface area contributed by atoms with Gasteiger partial charge in [-0.1, -0.05) is 0 Å². The van der Waals surface area contributed by atoms with Crippen molar-refractivity contribution in [1.82, 2.24) is 4.37 Å². The summed E-state index contributed by atoms with van der Waals surface area (Å²) in [6.45, 7) is 0.391. The maximum absolute atomic E-state index is 5.53. The molecule has 0 spiro atoms. The standard InChI is InChI=1S/C9H10N2O2S/c1-12-9-4-8(14-11-9)6-2-3-13-7(6)5-10/h2-4H,5,10H2,1H3. The minimum Gasteiger partial charge on any atom is -0.480 e. The number of rotatable bonds is 3. The molecule has 14 heavy (non-hydrogen) atoms. The summed E-state index contributed by atoms with van der Waals surface area (Å²) in [4.78, 5) is 1.01. The molecule has 0 bridgehead atoms. The molecule has 0 aliphatic carbocycles. The molecule has 5 heteroatoms. The van der Waals surface area contributed by atoms with Gasteiger partial charge in [0.05, 0.1) is 24.8 Å². The SMILES string of the molecule is COc1cc(-c2ccoc2CN)sn1. The summed E-state index contributed by atoms with van der Waals surface area (Å²) < 4.78 is 14.3. The monoisotopic (exact) mass is 210 g/mol. The number of hydrogen-bond donors (Lipinski definition) is 1. The zero-order valence-electron chi connectivity index (χ0n) is 7.69. The Kier molecular flexibility index (Phi) is 2.51. The van der Waals surface area contributed by atoms with Gasteiger partial charge in [-0.15, -0.1) is 0 Å². The highest BCUT2D eigenvalue weighted by Crippen LogP contribution is 2.30. The average molecular weight is 210 g/mol. The molecule has 0 saturated carbocycles. The Hall–Kier alpha value is -1.33. The van der Waals surface area contributed by atoms with E-state index >= 15 is 0 Å². The summed E-state index contributed by atoms with van der Waals surface area (Å²) in [7, 11) is 1.60. The number of aromatic nitrogens is 1.